The lowest BCUT2D eigenvalue weighted by Gasteiger charge is -2.16. The zero-order valence-corrected chi connectivity index (χ0v) is 14.3. The molecule has 0 radical (unpaired) electrons. The van der Waals surface area contributed by atoms with Crippen molar-refractivity contribution in [3.8, 4) is 0 Å². The first-order chi connectivity index (χ1) is 11.0. The van der Waals surface area contributed by atoms with Gasteiger partial charge in [-0.3, -0.25) is 14.0 Å². The van der Waals surface area contributed by atoms with Gasteiger partial charge in [-0.05, 0) is 38.3 Å². The van der Waals surface area contributed by atoms with E-state index >= 15 is 0 Å². The van der Waals surface area contributed by atoms with Crippen molar-refractivity contribution >= 4 is 17.2 Å². The van der Waals surface area contributed by atoms with Crippen molar-refractivity contribution in [3.05, 3.63) is 39.9 Å². The molecule has 23 heavy (non-hydrogen) atoms. The summed E-state index contributed by atoms with van der Waals surface area (Å²) in [5.41, 5.74) is 2.18. The van der Waals surface area contributed by atoms with Gasteiger partial charge in [0, 0.05) is 12.1 Å². The Balaban J connectivity index is 2.40. The van der Waals surface area contributed by atoms with Gasteiger partial charge in [-0.15, -0.1) is 0 Å². The minimum Gasteiger partial charge on any atom is -0.320 e. The van der Waals surface area contributed by atoms with Crippen molar-refractivity contribution in [3.63, 3.8) is 0 Å². The summed E-state index contributed by atoms with van der Waals surface area (Å²) in [7, 11) is 0. The topological polar surface area (TPSA) is 63.5 Å². The molecule has 0 aromatic carbocycles. The van der Waals surface area contributed by atoms with E-state index in [9.17, 15) is 9.59 Å². The van der Waals surface area contributed by atoms with Gasteiger partial charge in [0.15, 0.2) is 0 Å². The van der Waals surface area contributed by atoms with Crippen LogP contribution < -0.4 is 10.9 Å². The van der Waals surface area contributed by atoms with Crippen molar-refractivity contribution in [2.24, 2.45) is 5.92 Å². The van der Waals surface area contributed by atoms with Gasteiger partial charge in [0.05, 0.1) is 5.69 Å². The van der Waals surface area contributed by atoms with Gasteiger partial charge in [-0.1, -0.05) is 32.8 Å². The second-order valence-corrected chi connectivity index (χ2v) is 6.03. The monoisotopic (exact) mass is 315 g/mol. The predicted octanol–water partition coefficient (Wildman–Crippen LogP) is 3.47. The van der Waals surface area contributed by atoms with E-state index in [-0.39, 0.29) is 23.1 Å². The van der Waals surface area contributed by atoms with Gasteiger partial charge in [-0.2, -0.15) is 0 Å². The van der Waals surface area contributed by atoms with Crippen molar-refractivity contribution in [2.75, 3.05) is 5.32 Å². The molecule has 2 rings (SSSR count). The Hall–Kier alpha value is -2.17. The van der Waals surface area contributed by atoms with E-state index in [1.807, 2.05) is 19.1 Å². The van der Waals surface area contributed by atoms with Crippen LogP contribution in [0.1, 0.15) is 50.8 Å². The summed E-state index contributed by atoms with van der Waals surface area (Å²) in [6.07, 6.45) is 5.25. The van der Waals surface area contributed by atoms with Gasteiger partial charge in [0.25, 0.3) is 5.56 Å². The fourth-order valence-electron chi connectivity index (χ4n) is 2.88. The molecular formula is C18H25N3O2. The molecule has 2 heterocycles. The van der Waals surface area contributed by atoms with E-state index in [0.717, 1.165) is 31.2 Å². The van der Waals surface area contributed by atoms with Gasteiger partial charge in [-0.25, -0.2) is 4.98 Å². The SMILES string of the molecule is CCCC(CCC)C(=O)Nc1c(C)nc2c(C)cccn2c1=O. The number of nitrogens with one attached hydrogen (secondary N) is 1. The first-order valence-electron chi connectivity index (χ1n) is 8.29. The average molecular weight is 315 g/mol. The minimum absolute atomic E-state index is 0.0537. The summed E-state index contributed by atoms with van der Waals surface area (Å²) >= 11 is 0. The van der Waals surface area contributed by atoms with E-state index < -0.39 is 0 Å². The Kier molecular flexibility index (Phi) is 5.53. The third kappa shape index (κ3) is 3.60. The van der Waals surface area contributed by atoms with Crippen LogP contribution in [0.25, 0.3) is 5.65 Å². The van der Waals surface area contributed by atoms with Crippen LogP contribution in [-0.2, 0) is 4.79 Å². The van der Waals surface area contributed by atoms with Gasteiger partial charge >= 0.3 is 0 Å². The number of rotatable bonds is 6. The van der Waals surface area contributed by atoms with Gasteiger partial charge in [0.1, 0.15) is 11.3 Å². The Bertz CT molecular complexity index is 759. The molecule has 2 aromatic rings. The van der Waals surface area contributed by atoms with E-state index in [0.29, 0.717) is 11.3 Å². The molecule has 0 saturated heterocycles. The Morgan fingerprint density at radius 3 is 2.52 bits per heavy atom. The highest BCUT2D eigenvalue weighted by atomic mass is 16.2. The van der Waals surface area contributed by atoms with Crippen molar-refractivity contribution in [1.82, 2.24) is 9.38 Å². The number of carbonyl (C=O) groups is 1. The lowest BCUT2D eigenvalue weighted by molar-refractivity contribution is -0.120. The minimum atomic E-state index is -0.226. The first kappa shape index (κ1) is 17.2. The lowest BCUT2D eigenvalue weighted by Crippen LogP contribution is -2.29. The quantitative estimate of drug-likeness (QED) is 0.888. The van der Waals surface area contributed by atoms with Crippen LogP contribution in [0.5, 0.6) is 0 Å². The third-order valence-electron chi connectivity index (χ3n) is 4.12. The third-order valence-corrected chi connectivity index (χ3v) is 4.12. The molecule has 0 aliphatic carbocycles. The Morgan fingerprint density at radius 2 is 1.91 bits per heavy atom. The molecule has 0 atom stereocenters. The molecule has 1 amide bonds. The number of fused-ring (bicyclic) bond motifs is 1. The molecule has 0 unspecified atom stereocenters. The normalized spacial score (nSPS) is 11.2. The lowest BCUT2D eigenvalue weighted by atomic mass is 9.97. The molecule has 0 spiro atoms. The fourth-order valence-corrected chi connectivity index (χ4v) is 2.88. The van der Waals surface area contributed by atoms with Crippen LogP contribution in [0, 0.1) is 19.8 Å². The van der Waals surface area contributed by atoms with Crippen molar-refractivity contribution < 1.29 is 4.79 Å². The molecular weight excluding hydrogens is 290 g/mol. The molecule has 2 aromatic heterocycles. The smallest absolute Gasteiger partial charge is 0.281 e. The van der Waals surface area contributed by atoms with E-state index in [2.05, 4.69) is 24.1 Å². The van der Waals surface area contributed by atoms with E-state index in [4.69, 9.17) is 0 Å². The number of hydrogen-bond donors (Lipinski definition) is 1. The maximum atomic E-state index is 12.7. The highest BCUT2D eigenvalue weighted by Crippen LogP contribution is 2.17. The summed E-state index contributed by atoms with van der Waals surface area (Å²) in [6, 6.07) is 3.72. The van der Waals surface area contributed by atoms with Crippen molar-refractivity contribution in [1.29, 1.82) is 0 Å². The number of pyridine rings is 1. The summed E-state index contributed by atoms with van der Waals surface area (Å²) in [5, 5.41) is 2.83. The van der Waals surface area contributed by atoms with Crippen LogP contribution in [-0.4, -0.2) is 15.3 Å². The fraction of sp³-hybridized carbons (Fsp3) is 0.500. The van der Waals surface area contributed by atoms with Crippen molar-refractivity contribution in [2.45, 2.75) is 53.4 Å². The molecule has 5 nitrogen and oxygen atoms in total. The van der Waals surface area contributed by atoms with Crippen LogP contribution in [0.15, 0.2) is 23.1 Å². The largest absolute Gasteiger partial charge is 0.320 e. The maximum absolute atomic E-state index is 12.7. The molecule has 1 N–H and O–H groups in total. The highest BCUT2D eigenvalue weighted by molar-refractivity contribution is 5.93. The molecule has 5 heteroatoms. The van der Waals surface area contributed by atoms with Crippen LogP contribution in [0.4, 0.5) is 5.69 Å². The van der Waals surface area contributed by atoms with E-state index in [1.165, 1.54) is 4.40 Å². The van der Waals surface area contributed by atoms with Gasteiger partial charge in [0.2, 0.25) is 5.91 Å². The summed E-state index contributed by atoms with van der Waals surface area (Å²) in [6.45, 7) is 7.81. The van der Waals surface area contributed by atoms with Crippen LogP contribution in [0.3, 0.4) is 0 Å². The van der Waals surface area contributed by atoms with Crippen LogP contribution in [0.2, 0.25) is 0 Å². The van der Waals surface area contributed by atoms with Gasteiger partial charge < -0.3 is 5.32 Å². The summed E-state index contributed by atoms with van der Waals surface area (Å²) in [5.74, 6) is -0.134. The number of anilines is 1. The zero-order chi connectivity index (χ0) is 17.0. The predicted molar refractivity (Wildman–Crippen MR) is 92.9 cm³/mol. The molecule has 0 fully saturated rings. The Morgan fingerprint density at radius 1 is 1.26 bits per heavy atom. The number of aromatic nitrogens is 2. The second kappa shape index (κ2) is 7.40. The van der Waals surface area contributed by atoms with Crippen LogP contribution >= 0.6 is 0 Å². The molecule has 0 saturated carbocycles. The number of hydrogen-bond acceptors (Lipinski definition) is 3. The Labute approximate surface area is 136 Å². The number of aryl methyl sites for hydroxylation is 2. The molecule has 124 valence electrons. The molecule has 0 aliphatic rings. The number of amides is 1. The first-order valence-corrected chi connectivity index (χ1v) is 8.29. The standard InChI is InChI=1S/C18H25N3O2/c1-5-8-14(9-6-2)17(22)20-15-13(4)19-16-12(3)10-7-11-21(16)18(15)23/h7,10-11,14H,5-6,8-9H2,1-4H3,(H,20,22). The number of carbonyl (C=O) groups excluding carboxylic acids is 1. The number of nitrogens with zero attached hydrogens (tertiary/aromatic N) is 2. The second-order valence-electron chi connectivity index (χ2n) is 6.03. The highest BCUT2D eigenvalue weighted by Gasteiger charge is 2.20. The van der Waals surface area contributed by atoms with E-state index in [1.54, 1.807) is 13.1 Å². The summed E-state index contributed by atoms with van der Waals surface area (Å²) < 4.78 is 1.49. The maximum Gasteiger partial charge on any atom is 0.281 e. The summed E-state index contributed by atoms with van der Waals surface area (Å²) in [4.78, 5) is 29.7. The average Bonchev–Trinajstić information content (AvgIpc) is 2.52. The zero-order valence-electron chi connectivity index (χ0n) is 14.3. The molecule has 0 aliphatic heterocycles. The molecule has 0 bridgehead atoms.